The average molecular weight is 1240 g/mol. The molecule has 0 saturated carbocycles. The van der Waals surface area contributed by atoms with E-state index < -0.39 is 46.4 Å². The predicted octanol–water partition coefficient (Wildman–Crippen LogP) is 23.8. The van der Waals surface area contributed by atoms with Crippen LogP contribution < -0.4 is 0 Å². The number of hydrogen-bond acceptors (Lipinski definition) is 0. The number of rotatable bonds is 4. The van der Waals surface area contributed by atoms with E-state index in [-0.39, 0.29) is 44.5 Å². The first-order chi connectivity index (χ1) is 43.7. The first-order valence-corrected chi connectivity index (χ1v) is 30.2. The molecule has 13 aromatic rings. The Kier molecular flexibility index (Phi) is 11.1. The molecule has 0 saturated heterocycles. The number of hydrogen-bond donors (Lipinski definition) is 0. The highest BCUT2D eigenvalue weighted by molar-refractivity contribution is 6.35. The standard InChI is InChI=1S/C80H48F12/c1-73(77(81,82)83)59-25-9-5-17-51(59)69-47(21-13-29-63(69)73)41-33-45-34-42(48-22-14-30-64-70(48)52-18-6-10-26-60(52)74(64,2)78(84,85)86)39-57-58-40-44(50-24-16-32-66-72(50)54-20-8-12-28-62(54)76(66,4)80(90,91)92)36-46-35-43(38-56(68(46)58)55(37-41)67(45)57)49-23-15-31-65-71(49)53-19-7-11-27-61(53)75(65,3)79(87,88)89/h5-40H,1-4H3. The van der Waals surface area contributed by atoms with Crippen LogP contribution in [-0.2, 0) is 21.7 Å². The summed E-state index contributed by atoms with van der Waals surface area (Å²) in [5, 5.41) is 4.91. The SMILES string of the molecule is CC1(C(F)(F)F)c2ccccc2-c2c(-c3cc4cc(-c5cccc6c5-c5ccccc5C6(C)C(F)(F)F)cc5c6cc(-c7cccc8c7-c7ccccc7C8(C)C(F)(F)F)cc7cc(-c8cccc9c8-c8ccccc8C9(C)C(F)(F)F)cc(c(c3)c45)c76)cccc21. The number of alkyl halides is 12. The monoisotopic (exact) mass is 1240 g/mol. The third-order valence-corrected chi connectivity index (χ3v) is 21.5. The zero-order chi connectivity index (χ0) is 63.9. The Hall–Kier alpha value is -9.68. The molecule has 0 aromatic heterocycles. The smallest absolute Gasteiger partial charge is 0.170 e. The number of benzene rings is 13. The summed E-state index contributed by atoms with van der Waals surface area (Å²) in [4.78, 5) is 0. The maximum absolute atomic E-state index is 15.8. The van der Waals surface area contributed by atoms with Crippen LogP contribution >= 0.6 is 0 Å². The lowest BCUT2D eigenvalue weighted by Gasteiger charge is -2.30. The van der Waals surface area contributed by atoms with Gasteiger partial charge in [0.05, 0.1) is 0 Å². The van der Waals surface area contributed by atoms with E-state index in [1.807, 2.05) is 48.5 Å². The molecule has 0 spiro atoms. The lowest BCUT2D eigenvalue weighted by Crippen LogP contribution is -2.38. The second-order valence-corrected chi connectivity index (χ2v) is 25.9. The van der Waals surface area contributed by atoms with Crippen molar-refractivity contribution in [1.82, 2.24) is 0 Å². The average Bonchev–Trinajstić information content (AvgIpc) is 1.33. The van der Waals surface area contributed by atoms with E-state index in [2.05, 4.69) is 0 Å². The zero-order valence-electron chi connectivity index (χ0n) is 49.3. The lowest BCUT2D eigenvalue weighted by molar-refractivity contribution is -0.172. The zero-order valence-corrected chi connectivity index (χ0v) is 49.3. The van der Waals surface area contributed by atoms with Crippen molar-refractivity contribution >= 4 is 43.1 Å². The Morgan fingerprint density at radius 2 is 0.402 bits per heavy atom. The summed E-state index contributed by atoms with van der Waals surface area (Å²) >= 11 is 0. The van der Waals surface area contributed by atoms with Crippen LogP contribution in [0.2, 0.25) is 0 Å². The van der Waals surface area contributed by atoms with Gasteiger partial charge in [-0.15, -0.1) is 0 Å². The van der Waals surface area contributed by atoms with Gasteiger partial charge < -0.3 is 0 Å². The molecule has 0 N–H and O–H groups in total. The van der Waals surface area contributed by atoms with Gasteiger partial charge in [-0.1, -0.05) is 170 Å². The Morgan fingerprint density at radius 1 is 0.217 bits per heavy atom. The van der Waals surface area contributed by atoms with Gasteiger partial charge in [0.25, 0.3) is 0 Å². The van der Waals surface area contributed by atoms with Crippen LogP contribution in [0.1, 0.15) is 72.2 Å². The van der Waals surface area contributed by atoms with Crippen molar-refractivity contribution in [3.63, 3.8) is 0 Å². The molecule has 4 unspecified atom stereocenters. The minimum atomic E-state index is -4.73. The molecule has 0 amide bonds. The van der Waals surface area contributed by atoms with Crippen LogP contribution in [0.4, 0.5) is 52.7 Å². The van der Waals surface area contributed by atoms with Gasteiger partial charge in [-0.25, -0.2) is 0 Å². The summed E-state index contributed by atoms with van der Waals surface area (Å²) in [5.74, 6) is 0. The third-order valence-electron chi connectivity index (χ3n) is 21.5. The second-order valence-electron chi connectivity index (χ2n) is 25.9. The molecule has 4 aliphatic rings. The first-order valence-electron chi connectivity index (χ1n) is 30.2. The molecule has 13 aromatic carbocycles. The highest BCUT2D eigenvalue weighted by Gasteiger charge is 2.62. The third kappa shape index (κ3) is 6.92. The molecule has 12 heteroatoms. The van der Waals surface area contributed by atoms with E-state index >= 15 is 52.7 Å². The summed E-state index contributed by atoms with van der Waals surface area (Å²) in [6.07, 6.45) is -18.9. The molecule has 0 bridgehead atoms. The van der Waals surface area contributed by atoms with Crippen LogP contribution in [0.15, 0.2) is 218 Å². The van der Waals surface area contributed by atoms with Crippen LogP contribution in [-0.4, -0.2) is 24.7 Å². The molecule has 0 nitrogen and oxygen atoms in total. The lowest BCUT2D eigenvalue weighted by atomic mass is 9.78. The van der Waals surface area contributed by atoms with E-state index in [0.29, 0.717) is 132 Å². The van der Waals surface area contributed by atoms with E-state index in [0.717, 1.165) is 0 Å². The Labute approximate surface area is 519 Å². The largest absolute Gasteiger partial charge is 0.402 e. The van der Waals surface area contributed by atoms with Crippen molar-refractivity contribution in [2.75, 3.05) is 0 Å². The van der Waals surface area contributed by atoms with Gasteiger partial charge >= 0.3 is 24.7 Å². The van der Waals surface area contributed by atoms with Gasteiger partial charge in [0, 0.05) is 0 Å². The molecule has 4 atom stereocenters. The molecule has 17 rings (SSSR count). The predicted molar refractivity (Wildman–Crippen MR) is 341 cm³/mol. The van der Waals surface area contributed by atoms with Crippen molar-refractivity contribution < 1.29 is 52.7 Å². The number of fused-ring (bicyclic) bond motifs is 14. The first kappa shape index (κ1) is 56.3. The van der Waals surface area contributed by atoms with Crippen molar-refractivity contribution in [1.29, 1.82) is 0 Å². The van der Waals surface area contributed by atoms with Gasteiger partial charge in [-0.2, -0.15) is 52.7 Å². The Balaban J connectivity index is 1.04. The van der Waals surface area contributed by atoms with Crippen molar-refractivity contribution in [2.24, 2.45) is 0 Å². The summed E-state index contributed by atoms with van der Waals surface area (Å²) in [6, 6.07) is 60.8. The molecular weight excluding hydrogens is 1190 g/mol. The van der Waals surface area contributed by atoms with Crippen molar-refractivity contribution in [2.45, 2.75) is 74.1 Å². The minimum Gasteiger partial charge on any atom is -0.170 e. The second kappa shape index (κ2) is 18.1. The van der Waals surface area contributed by atoms with Crippen LogP contribution in [0.3, 0.4) is 0 Å². The van der Waals surface area contributed by atoms with Gasteiger partial charge in [-0.3, -0.25) is 0 Å². The topological polar surface area (TPSA) is 0 Å². The van der Waals surface area contributed by atoms with Crippen LogP contribution in [0, 0.1) is 0 Å². The van der Waals surface area contributed by atoms with Crippen molar-refractivity contribution in [3.8, 4) is 89.0 Å². The van der Waals surface area contributed by atoms with E-state index in [1.54, 1.807) is 121 Å². The van der Waals surface area contributed by atoms with E-state index in [9.17, 15) is 0 Å². The fourth-order valence-corrected chi connectivity index (χ4v) is 16.9. The fraction of sp³-hybridized carbons (Fsp3) is 0.150. The molecule has 0 fully saturated rings. The van der Waals surface area contributed by atoms with Gasteiger partial charge in [-0.05, 0) is 253 Å². The van der Waals surface area contributed by atoms with E-state index in [1.165, 1.54) is 76.2 Å². The fourth-order valence-electron chi connectivity index (χ4n) is 16.9. The highest BCUT2D eigenvalue weighted by atomic mass is 19.4. The minimum absolute atomic E-state index is 0.0509. The summed E-state index contributed by atoms with van der Waals surface area (Å²) in [5.41, 5.74) is -2.06. The normalized spacial score (nSPS) is 20.3. The van der Waals surface area contributed by atoms with Crippen molar-refractivity contribution in [3.05, 3.63) is 263 Å². The van der Waals surface area contributed by atoms with E-state index in [4.69, 9.17) is 0 Å². The Morgan fingerprint density at radius 3 is 0.609 bits per heavy atom. The maximum Gasteiger partial charge on any atom is 0.402 e. The summed E-state index contributed by atoms with van der Waals surface area (Å²) in [7, 11) is 0. The molecule has 0 heterocycles. The van der Waals surface area contributed by atoms with Gasteiger partial charge in [0.2, 0.25) is 0 Å². The molecule has 0 radical (unpaired) electrons. The van der Waals surface area contributed by atoms with Gasteiger partial charge in [0.1, 0.15) is 21.7 Å². The Bertz CT molecular complexity index is 4770. The van der Waals surface area contributed by atoms with Crippen LogP contribution in [0.25, 0.3) is 132 Å². The summed E-state index contributed by atoms with van der Waals surface area (Å²) < 4.78 is 190. The maximum atomic E-state index is 15.8. The molecule has 0 aliphatic heterocycles. The quantitative estimate of drug-likeness (QED) is 0.0936. The molecule has 452 valence electrons. The molecule has 92 heavy (non-hydrogen) atoms. The molecule has 4 aliphatic carbocycles. The van der Waals surface area contributed by atoms with Gasteiger partial charge in [0.15, 0.2) is 0 Å². The summed E-state index contributed by atoms with van der Waals surface area (Å²) in [6.45, 7) is 4.74. The molecular formula is C80H48F12. The van der Waals surface area contributed by atoms with Crippen LogP contribution in [0.5, 0.6) is 0 Å². The highest BCUT2D eigenvalue weighted by Crippen LogP contribution is 2.64. The number of halogens is 12.